The van der Waals surface area contributed by atoms with E-state index < -0.39 is 4.92 Å². The van der Waals surface area contributed by atoms with E-state index in [1.54, 1.807) is 5.38 Å². The summed E-state index contributed by atoms with van der Waals surface area (Å²) in [6.07, 6.45) is 1.34. The van der Waals surface area contributed by atoms with Gasteiger partial charge in [-0.2, -0.15) is 5.10 Å². The second-order valence-corrected chi connectivity index (χ2v) is 4.35. The number of phenolic OH excluding ortho intramolecular Hbond substituents is 1. The summed E-state index contributed by atoms with van der Waals surface area (Å²) in [4.78, 5) is 13.9. The molecular weight excluding hydrogens is 270 g/mol. The molecule has 8 nitrogen and oxygen atoms in total. The van der Waals surface area contributed by atoms with Crippen LogP contribution in [0.3, 0.4) is 0 Å². The number of aromatic nitrogens is 1. The van der Waals surface area contributed by atoms with Crippen LogP contribution in [-0.2, 0) is 0 Å². The fourth-order valence-corrected chi connectivity index (χ4v) is 1.85. The summed E-state index contributed by atoms with van der Waals surface area (Å²) in [7, 11) is 0. The van der Waals surface area contributed by atoms with Gasteiger partial charge in [0.1, 0.15) is 11.6 Å². The Balaban J connectivity index is 2.12. The zero-order valence-electron chi connectivity index (χ0n) is 9.48. The highest BCUT2D eigenvalue weighted by Crippen LogP contribution is 2.21. The van der Waals surface area contributed by atoms with E-state index in [0.717, 1.165) is 6.07 Å². The van der Waals surface area contributed by atoms with E-state index in [9.17, 15) is 15.2 Å². The number of nitrogen functional groups attached to an aromatic ring is 1. The van der Waals surface area contributed by atoms with Gasteiger partial charge in [-0.3, -0.25) is 15.5 Å². The molecule has 2 aromatic rings. The monoisotopic (exact) mass is 279 g/mol. The molecule has 0 amide bonds. The summed E-state index contributed by atoms with van der Waals surface area (Å²) in [6.45, 7) is 0. The van der Waals surface area contributed by atoms with Crippen molar-refractivity contribution in [2.75, 3.05) is 11.2 Å². The molecular formula is C10H9N5O3S. The van der Waals surface area contributed by atoms with Gasteiger partial charge in [0.25, 0.3) is 5.69 Å². The Morgan fingerprint density at radius 1 is 1.53 bits per heavy atom. The van der Waals surface area contributed by atoms with Gasteiger partial charge in [0.2, 0.25) is 5.13 Å². The lowest BCUT2D eigenvalue weighted by Crippen LogP contribution is -1.93. The van der Waals surface area contributed by atoms with Crippen LogP contribution in [0.25, 0.3) is 0 Å². The lowest BCUT2D eigenvalue weighted by Gasteiger charge is -1.97. The Morgan fingerprint density at radius 3 is 2.95 bits per heavy atom. The molecule has 0 unspecified atom stereocenters. The van der Waals surface area contributed by atoms with Gasteiger partial charge in [0.05, 0.1) is 17.2 Å². The van der Waals surface area contributed by atoms with Gasteiger partial charge in [-0.1, -0.05) is 0 Å². The van der Waals surface area contributed by atoms with Gasteiger partial charge >= 0.3 is 0 Å². The number of hydrazone groups is 1. The number of nitrogens with one attached hydrogen (secondary N) is 1. The van der Waals surface area contributed by atoms with Crippen molar-refractivity contribution >= 4 is 34.2 Å². The van der Waals surface area contributed by atoms with Gasteiger partial charge in [-0.25, -0.2) is 4.98 Å². The number of anilines is 2. The van der Waals surface area contributed by atoms with Crippen LogP contribution < -0.4 is 11.2 Å². The van der Waals surface area contributed by atoms with Gasteiger partial charge in [-0.15, -0.1) is 11.3 Å². The summed E-state index contributed by atoms with van der Waals surface area (Å²) < 4.78 is 0. The lowest BCUT2D eigenvalue weighted by atomic mass is 10.2. The Morgan fingerprint density at radius 2 is 2.32 bits per heavy atom. The summed E-state index contributed by atoms with van der Waals surface area (Å²) in [6, 6.07) is 3.71. The highest BCUT2D eigenvalue weighted by Gasteiger charge is 2.08. The average Bonchev–Trinajstić information content (AvgIpc) is 2.74. The molecule has 0 bridgehead atoms. The van der Waals surface area contributed by atoms with Crippen molar-refractivity contribution in [3.8, 4) is 5.75 Å². The molecule has 0 radical (unpaired) electrons. The first-order chi connectivity index (χ1) is 9.04. The van der Waals surface area contributed by atoms with Crippen molar-refractivity contribution in [3.05, 3.63) is 39.3 Å². The predicted molar refractivity (Wildman–Crippen MR) is 72.5 cm³/mol. The molecule has 4 N–H and O–H groups in total. The van der Waals surface area contributed by atoms with Crippen LogP contribution in [0.1, 0.15) is 5.56 Å². The zero-order valence-corrected chi connectivity index (χ0v) is 10.3. The molecule has 0 aliphatic carbocycles. The van der Waals surface area contributed by atoms with E-state index in [2.05, 4.69) is 15.5 Å². The average molecular weight is 279 g/mol. The van der Waals surface area contributed by atoms with Gasteiger partial charge in [0, 0.05) is 17.0 Å². The van der Waals surface area contributed by atoms with Gasteiger partial charge in [-0.05, 0) is 6.07 Å². The number of non-ortho nitro benzene ring substituents is 1. The van der Waals surface area contributed by atoms with Crippen LogP contribution in [0.4, 0.5) is 16.6 Å². The topological polar surface area (TPSA) is 127 Å². The molecule has 1 aromatic heterocycles. The molecule has 9 heteroatoms. The van der Waals surface area contributed by atoms with Crippen molar-refractivity contribution in [1.82, 2.24) is 4.98 Å². The van der Waals surface area contributed by atoms with Crippen molar-refractivity contribution in [2.45, 2.75) is 0 Å². The fraction of sp³-hybridized carbons (Fsp3) is 0. The van der Waals surface area contributed by atoms with Gasteiger partial charge in [0.15, 0.2) is 0 Å². The highest BCUT2D eigenvalue weighted by atomic mass is 32.1. The summed E-state index contributed by atoms with van der Waals surface area (Å²) in [5, 5.41) is 26.0. The van der Waals surface area contributed by atoms with Crippen LogP contribution in [0.15, 0.2) is 28.7 Å². The minimum atomic E-state index is -0.591. The SMILES string of the molecule is Nc1csc(NN=Cc2cc(O)cc([N+](=O)[O-])c2)n1. The first kappa shape index (κ1) is 12.8. The molecule has 0 aliphatic heterocycles. The normalized spacial score (nSPS) is 10.7. The Labute approximate surface area is 111 Å². The number of hydrogen-bond acceptors (Lipinski definition) is 8. The standard InChI is InChI=1S/C10H9N5O3S/c11-9-5-19-10(13-9)14-12-4-6-1-7(15(17)18)3-8(16)2-6/h1-5,16H,11H2,(H,13,14). The lowest BCUT2D eigenvalue weighted by molar-refractivity contribution is -0.384. The molecule has 1 heterocycles. The molecule has 0 aliphatic rings. The molecule has 0 saturated carbocycles. The number of thiazole rings is 1. The van der Waals surface area contributed by atoms with Crippen LogP contribution >= 0.6 is 11.3 Å². The van der Waals surface area contributed by atoms with E-state index in [0.29, 0.717) is 16.5 Å². The van der Waals surface area contributed by atoms with Crippen LogP contribution in [0.5, 0.6) is 5.75 Å². The number of phenols is 1. The molecule has 1 aromatic carbocycles. The summed E-state index contributed by atoms with van der Waals surface area (Å²) in [5.74, 6) is 0.185. The molecule has 98 valence electrons. The Kier molecular flexibility index (Phi) is 3.57. The minimum absolute atomic E-state index is 0.200. The van der Waals surface area contributed by atoms with Crippen molar-refractivity contribution in [3.63, 3.8) is 0 Å². The second-order valence-electron chi connectivity index (χ2n) is 3.49. The number of hydrogen-bond donors (Lipinski definition) is 3. The maximum Gasteiger partial charge on any atom is 0.273 e. The smallest absolute Gasteiger partial charge is 0.273 e. The summed E-state index contributed by atoms with van der Waals surface area (Å²) in [5.41, 5.74) is 8.25. The molecule has 19 heavy (non-hydrogen) atoms. The first-order valence-corrected chi connectivity index (χ1v) is 5.91. The number of nitrogens with two attached hydrogens (primary N) is 1. The third-order valence-electron chi connectivity index (χ3n) is 2.03. The van der Waals surface area contributed by atoms with E-state index in [1.165, 1.54) is 29.7 Å². The maximum absolute atomic E-state index is 10.6. The molecule has 2 rings (SSSR count). The Hall–Kier alpha value is -2.68. The number of benzene rings is 1. The molecule has 0 atom stereocenters. The number of rotatable bonds is 4. The summed E-state index contributed by atoms with van der Waals surface area (Å²) >= 11 is 1.28. The minimum Gasteiger partial charge on any atom is -0.508 e. The van der Waals surface area contributed by atoms with Crippen LogP contribution in [0, 0.1) is 10.1 Å². The van der Waals surface area contributed by atoms with E-state index in [1.807, 2.05) is 0 Å². The maximum atomic E-state index is 10.6. The largest absolute Gasteiger partial charge is 0.508 e. The predicted octanol–water partition coefficient (Wildman–Crippen LogP) is 1.79. The second kappa shape index (κ2) is 5.31. The third kappa shape index (κ3) is 3.39. The van der Waals surface area contributed by atoms with E-state index >= 15 is 0 Å². The Bertz CT molecular complexity index is 640. The van der Waals surface area contributed by atoms with Crippen molar-refractivity contribution in [1.29, 1.82) is 0 Å². The number of nitrogens with zero attached hydrogens (tertiary/aromatic N) is 3. The zero-order chi connectivity index (χ0) is 13.8. The van der Waals surface area contributed by atoms with Crippen LogP contribution in [0.2, 0.25) is 0 Å². The van der Waals surface area contributed by atoms with Crippen LogP contribution in [-0.4, -0.2) is 21.2 Å². The van der Waals surface area contributed by atoms with Gasteiger partial charge < -0.3 is 10.8 Å². The molecule has 0 spiro atoms. The first-order valence-electron chi connectivity index (χ1n) is 5.03. The van der Waals surface area contributed by atoms with Crippen molar-refractivity contribution < 1.29 is 10.0 Å². The fourth-order valence-electron chi connectivity index (χ4n) is 1.30. The number of aromatic hydroxyl groups is 1. The number of nitro benzene ring substituents is 1. The molecule has 0 saturated heterocycles. The quantitative estimate of drug-likeness (QED) is 0.445. The highest BCUT2D eigenvalue weighted by molar-refractivity contribution is 7.14. The molecule has 0 fully saturated rings. The third-order valence-corrected chi connectivity index (χ3v) is 2.80. The number of nitro groups is 1. The van der Waals surface area contributed by atoms with Crippen molar-refractivity contribution in [2.24, 2.45) is 5.10 Å². The van der Waals surface area contributed by atoms with E-state index in [4.69, 9.17) is 5.73 Å². The van der Waals surface area contributed by atoms with E-state index in [-0.39, 0.29) is 11.4 Å².